The average molecular weight is 396 g/mol. The second kappa shape index (κ2) is 9.82. The summed E-state index contributed by atoms with van der Waals surface area (Å²) >= 11 is 0. The molecular formula is C22H28N4O3. The highest BCUT2D eigenvalue weighted by atomic mass is 16.5. The van der Waals surface area contributed by atoms with Crippen LogP contribution in [0.1, 0.15) is 24.8 Å². The maximum Gasteiger partial charge on any atom is 0.225 e. The summed E-state index contributed by atoms with van der Waals surface area (Å²) in [5.41, 5.74) is 2.03. The Hall–Kier alpha value is -3.22. The molecule has 2 unspecified atom stereocenters. The van der Waals surface area contributed by atoms with Gasteiger partial charge in [-0.25, -0.2) is 0 Å². The molecule has 1 heterocycles. The van der Waals surface area contributed by atoms with Gasteiger partial charge >= 0.3 is 0 Å². The second-order valence-corrected chi connectivity index (χ2v) is 6.98. The molecule has 1 aliphatic rings. The Bertz CT molecular complexity index is 869. The standard InChI is InChI=1S/C22H28N4O3/c1-15(29-18-8-6-7-17(12-18)28-3)13-24-22(23-2)25-14-16-11-21(27)26-20-10-5-4-9-19(16)20/h4-10,12,15-16H,11,13-14H2,1-3H3,(H,26,27)(H2,23,24,25). The zero-order valence-electron chi connectivity index (χ0n) is 17.1. The predicted octanol–water partition coefficient (Wildman–Crippen LogP) is 2.75. The fraction of sp³-hybridized carbons (Fsp3) is 0.364. The van der Waals surface area contributed by atoms with Crippen molar-refractivity contribution in [2.24, 2.45) is 4.99 Å². The molecule has 0 bridgehead atoms. The second-order valence-electron chi connectivity index (χ2n) is 6.98. The quantitative estimate of drug-likeness (QED) is 0.495. The molecule has 7 heteroatoms. The van der Waals surface area contributed by atoms with E-state index in [-0.39, 0.29) is 17.9 Å². The number of carbonyl (C=O) groups is 1. The molecule has 7 nitrogen and oxygen atoms in total. The summed E-state index contributed by atoms with van der Waals surface area (Å²) in [6.45, 7) is 3.19. The molecule has 0 aromatic heterocycles. The molecule has 3 rings (SSSR count). The molecular weight excluding hydrogens is 368 g/mol. The summed E-state index contributed by atoms with van der Waals surface area (Å²) in [7, 11) is 3.36. The van der Waals surface area contributed by atoms with E-state index in [1.807, 2.05) is 49.4 Å². The van der Waals surface area contributed by atoms with Crippen LogP contribution >= 0.6 is 0 Å². The minimum absolute atomic E-state index is 0.0405. The van der Waals surface area contributed by atoms with Gasteiger partial charge in [-0.1, -0.05) is 24.3 Å². The summed E-state index contributed by atoms with van der Waals surface area (Å²) in [4.78, 5) is 16.2. The van der Waals surface area contributed by atoms with Crippen LogP contribution in [0.25, 0.3) is 0 Å². The van der Waals surface area contributed by atoms with Gasteiger partial charge in [0.15, 0.2) is 5.96 Å². The van der Waals surface area contributed by atoms with Gasteiger partial charge in [0, 0.05) is 37.7 Å². The van der Waals surface area contributed by atoms with Crippen LogP contribution < -0.4 is 25.4 Å². The molecule has 0 aliphatic carbocycles. The Morgan fingerprint density at radius 1 is 1.21 bits per heavy atom. The van der Waals surface area contributed by atoms with Gasteiger partial charge in [0.05, 0.1) is 13.7 Å². The number of carbonyl (C=O) groups excluding carboxylic acids is 1. The third-order valence-electron chi connectivity index (χ3n) is 4.78. The Morgan fingerprint density at radius 3 is 2.79 bits per heavy atom. The molecule has 0 saturated carbocycles. The molecule has 0 spiro atoms. The Kier molecular flexibility index (Phi) is 6.94. The molecule has 2 atom stereocenters. The fourth-order valence-corrected chi connectivity index (χ4v) is 3.31. The zero-order chi connectivity index (χ0) is 20.6. The number of para-hydroxylation sites is 1. The maximum absolute atomic E-state index is 12.0. The lowest BCUT2D eigenvalue weighted by Crippen LogP contribution is -2.43. The van der Waals surface area contributed by atoms with E-state index in [1.54, 1.807) is 14.2 Å². The van der Waals surface area contributed by atoms with E-state index in [2.05, 4.69) is 27.0 Å². The first-order valence-corrected chi connectivity index (χ1v) is 9.73. The van der Waals surface area contributed by atoms with Crippen molar-refractivity contribution in [3.8, 4) is 11.5 Å². The number of guanidine groups is 1. The number of nitrogens with zero attached hydrogens (tertiary/aromatic N) is 1. The van der Waals surface area contributed by atoms with Gasteiger partial charge < -0.3 is 25.4 Å². The van der Waals surface area contributed by atoms with Crippen LogP contribution in [-0.2, 0) is 4.79 Å². The zero-order valence-corrected chi connectivity index (χ0v) is 17.1. The molecule has 3 N–H and O–H groups in total. The molecule has 1 aliphatic heterocycles. The molecule has 154 valence electrons. The molecule has 29 heavy (non-hydrogen) atoms. The largest absolute Gasteiger partial charge is 0.497 e. The first-order chi connectivity index (χ1) is 14.1. The lowest BCUT2D eigenvalue weighted by Gasteiger charge is -2.26. The van der Waals surface area contributed by atoms with Gasteiger partial charge in [0.1, 0.15) is 17.6 Å². The number of benzene rings is 2. The van der Waals surface area contributed by atoms with Crippen molar-refractivity contribution < 1.29 is 14.3 Å². The number of fused-ring (bicyclic) bond motifs is 1. The lowest BCUT2D eigenvalue weighted by atomic mass is 9.90. The summed E-state index contributed by atoms with van der Waals surface area (Å²) in [6.07, 6.45) is 0.387. The summed E-state index contributed by atoms with van der Waals surface area (Å²) in [5, 5.41) is 9.52. The number of amides is 1. The number of hydrogen-bond donors (Lipinski definition) is 3. The lowest BCUT2D eigenvalue weighted by molar-refractivity contribution is -0.116. The highest BCUT2D eigenvalue weighted by Crippen LogP contribution is 2.31. The molecule has 2 aromatic rings. The van der Waals surface area contributed by atoms with E-state index >= 15 is 0 Å². The summed E-state index contributed by atoms with van der Waals surface area (Å²) in [6, 6.07) is 15.4. The molecule has 0 fully saturated rings. The Labute approximate surface area is 171 Å². The Balaban J connectivity index is 1.50. The number of nitrogens with one attached hydrogen (secondary N) is 3. The van der Waals surface area contributed by atoms with Crippen LogP contribution in [0.4, 0.5) is 5.69 Å². The highest BCUT2D eigenvalue weighted by Gasteiger charge is 2.24. The van der Waals surface area contributed by atoms with Crippen molar-refractivity contribution in [2.75, 3.05) is 32.6 Å². The smallest absolute Gasteiger partial charge is 0.225 e. The highest BCUT2D eigenvalue weighted by molar-refractivity contribution is 5.94. The number of rotatable bonds is 7. The SMILES string of the molecule is CN=C(NCC(C)Oc1cccc(OC)c1)NCC1CC(=O)Nc2ccccc21. The number of aliphatic imine (C=N–C) groups is 1. The molecule has 0 saturated heterocycles. The molecule has 0 radical (unpaired) electrons. The van der Waals surface area contributed by atoms with E-state index in [1.165, 1.54) is 0 Å². The third kappa shape index (κ3) is 5.63. The minimum atomic E-state index is -0.0677. The van der Waals surface area contributed by atoms with Crippen LogP contribution in [-0.4, -0.2) is 45.2 Å². The summed E-state index contributed by atoms with van der Waals surface area (Å²) in [5.74, 6) is 2.33. The van der Waals surface area contributed by atoms with Crippen LogP contribution in [0.15, 0.2) is 53.5 Å². The van der Waals surface area contributed by atoms with E-state index < -0.39 is 0 Å². The van der Waals surface area contributed by atoms with Gasteiger partial charge in [0.25, 0.3) is 0 Å². The number of hydrogen-bond acceptors (Lipinski definition) is 4. The monoisotopic (exact) mass is 396 g/mol. The average Bonchev–Trinajstić information content (AvgIpc) is 2.73. The van der Waals surface area contributed by atoms with Crippen molar-refractivity contribution in [3.63, 3.8) is 0 Å². The van der Waals surface area contributed by atoms with Crippen molar-refractivity contribution in [1.82, 2.24) is 10.6 Å². The van der Waals surface area contributed by atoms with Crippen LogP contribution in [0, 0.1) is 0 Å². The fourth-order valence-electron chi connectivity index (χ4n) is 3.31. The van der Waals surface area contributed by atoms with Crippen molar-refractivity contribution >= 4 is 17.6 Å². The molecule has 1 amide bonds. The first kappa shape index (κ1) is 20.5. The van der Waals surface area contributed by atoms with Gasteiger partial charge in [-0.05, 0) is 30.7 Å². The van der Waals surface area contributed by atoms with E-state index in [9.17, 15) is 4.79 Å². The topological polar surface area (TPSA) is 84.0 Å². The molecule has 2 aromatic carbocycles. The van der Waals surface area contributed by atoms with Crippen LogP contribution in [0.5, 0.6) is 11.5 Å². The van der Waals surface area contributed by atoms with Crippen LogP contribution in [0.2, 0.25) is 0 Å². The van der Waals surface area contributed by atoms with Crippen LogP contribution in [0.3, 0.4) is 0 Å². The number of anilines is 1. The minimum Gasteiger partial charge on any atom is -0.497 e. The van der Waals surface area contributed by atoms with Gasteiger partial charge in [-0.15, -0.1) is 0 Å². The van der Waals surface area contributed by atoms with E-state index in [4.69, 9.17) is 9.47 Å². The number of ether oxygens (including phenoxy) is 2. The first-order valence-electron chi connectivity index (χ1n) is 9.73. The maximum atomic E-state index is 12.0. The van der Waals surface area contributed by atoms with E-state index in [0.29, 0.717) is 25.5 Å². The third-order valence-corrected chi connectivity index (χ3v) is 4.78. The van der Waals surface area contributed by atoms with E-state index in [0.717, 1.165) is 22.7 Å². The normalized spacial score (nSPS) is 17.0. The number of methoxy groups -OCH3 is 1. The van der Waals surface area contributed by atoms with Crippen molar-refractivity contribution in [1.29, 1.82) is 0 Å². The van der Waals surface area contributed by atoms with Gasteiger partial charge in [-0.2, -0.15) is 0 Å². The summed E-state index contributed by atoms with van der Waals surface area (Å²) < 4.78 is 11.1. The van der Waals surface area contributed by atoms with Gasteiger partial charge in [0.2, 0.25) is 5.91 Å². The van der Waals surface area contributed by atoms with Gasteiger partial charge in [-0.3, -0.25) is 9.79 Å². The van der Waals surface area contributed by atoms with Crippen molar-refractivity contribution in [2.45, 2.75) is 25.4 Å². The predicted molar refractivity (Wildman–Crippen MR) is 115 cm³/mol. The van der Waals surface area contributed by atoms with Crippen molar-refractivity contribution in [3.05, 3.63) is 54.1 Å². The Morgan fingerprint density at radius 2 is 2.00 bits per heavy atom.